The molecule has 1 aromatic rings. The minimum absolute atomic E-state index is 0.0347. The SMILES string of the molecule is Cc1cccc2c1N(OC[C@@H]1CO1)C(=O)CC2. The van der Waals surface area contributed by atoms with E-state index in [2.05, 4.69) is 6.07 Å². The third kappa shape index (κ3) is 2.06. The fraction of sp³-hybridized carbons (Fsp3) is 0.462. The van der Waals surface area contributed by atoms with E-state index in [-0.39, 0.29) is 12.0 Å². The van der Waals surface area contributed by atoms with Crippen LogP contribution in [0.25, 0.3) is 0 Å². The first kappa shape index (κ1) is 10.7. The zero-order valence-corrected chi connectivity index (χ0v) is 9.81. The Bertz CT molecular complexity index is 454. The van der Waals surface area contributed by atoms with Crippen molar-refractivity contribution in [2.24, 2.45) is 0 Å². The molecule has 4 heteroatoms. The van der Waals surface area contributed by atoms with Gasteiger partial charge in [0.2, 0.25) is 0 Å². The molecule has 1 aromatic carbocycles. The zero-order valence-electron chi connectivity index (χ0n) is 9.81. The normalized spacial score (nSPS) is 22.5. The van der Waals surface area contributed by atoms with Crippen LogP contribution in [0.2, 0.25) is 0 Å². The summed E-state index contributed by atoms with van der Waals surface area (Å²) in [6, 6.07) is 6.08. The molecule has 1 saturated heterocycles. The molecule has 2 aliphatic rings. The molecule has 4 nitrogen and oxygen atoms in total. The highest BCUT2D eigenvalue weighted by Crippen LogP contribution is 2.31. The fourth-order valence-corrected chi connectivity index (χ4v) is 2.14. The molecular formula is C13H15NO3. The van der Waals surface area contributed by atoms with Gasteiger partial charge in [0, 0.05) is 6.42 Å². The van der Waals surface area contributed by atoms with Crippen LogP contribution >= 0.6 is 0 Å². The number of carbonyl (C=O) groups excluding carboxylic acids is 1. The van der Waals surface area contributed by atoms with Gasteiger partial charge in [-0.3, -0.25) is 9.63 Å². The van der Waals surface area contributed by atoms with Gasteiger partial charge in [-0.25, -0.2) is 0 Å². The summed E-state index contributed by atoms with van der Waals surface area (Å²) in [5.41, 5.74) is 3.18. The Kier molecular flexibility index (Phi) is 2.61. The van der Waals surface area contributed by atoms with Crippen LogP contribution in [0.15, 0.2) is 18.2 Å². The number of fused-ring (bicyclic) bond motifs is 1. The Morgan fingerprint density at radius 2 is 2.29 bits per heavy atom. The van der Waals surface area contributed by atoms with E-state index in [0.29, 0.717) is 13.0 Å². The lowest BCUT2D eigenvalue weighted by molar-refractivity contribution is -0.126. The average molecular weight is 233 g/mol. The summed E-state index contributed by atoms with van der Waals surface area (Å²) in [6.07, 6.45) is 1.48. The van der Waals surface area contributed by atoms with Crippen LogP contribution in [0, 0.1) is 6.92 Å². The molecule has 0 unspecified atom stereocenters. The summed E-state index contributed by atoms with van der Waals surface area (Å²) in [7, 11) is 0. The van der Waals surface area contributed by atoms with Gasteiger partial charge in [0.15, 0.2) is 0 Å². The maximum atomic E-state index is 11.9. The smallest absolute Gasteiger partial charge is 0.251 e. The van der Waals surface area contributed by atoms with Crippen LogP contribution in [0.5, 0.6) is 0 Å². The molecule has 0 saturated carbocycles. The molecule has 3 rings (SSSR count). The second kappa shape index (κ2) is 4.13. The Hall–Kier alpha value is -1.39. The lowest BCUT2D eigenvalue weighted by Gasteiger charge is -2.29. The number of anilines is 1. The quantitative estimate of drug-likeness (QED) is 0.745. The molecule has 2 heterocycles. The van der Waals surface area contributed by atoms with Crippen molar-refractivity contribution in [3.8, 4) is 0 Å². The van der Waals surface area contributed by atoms with Crippen LogP contribution in [0.3, 0.4) is 0 Å². The second-order valence-corrected chi connectivity index (χ2v) is 4.52. The number of hydrogen-bond acceptors (Lipinski definition) is 3. The predicted octanol–water partition coefficient (Wildman–Crippen LogP) is 1.60. The monoisotopic (exact) mass is 233 g/mol. The number of carbonyl (C=O) groups is 1. The van der Waals surface area contributed by atoms with Gasteiger partial charge in [-0.05, 0) is 24.5 Å². The average Bonchev–Trinajstić information content (AvgIpc) is 3.12. The minimum Gasteiger partial charge on any atom is -0.371 e. The molecule has 0 radical (unpaired) electrons. The maximum absolute atomic E-state index is 11.9. The van der Waals surface area contributed by atoms with Crippen molar-refractivity contribution in [1.29, 1.82) is 0 Å². The van der Waals surface area contributed by atoms with Gasteiger partial charge in [0.1, 0.15) is 12.7 Å². The van der Waals surface area contributed by atoms with E-state index in [1.165, 1.54) is 10.6 Å². The van der Waals surface area contributed by atoms with Crippen molar-refractivity contribution in [2.75, 3.05) is 18.3 Å². The first-order valence-corrected chi connectivity index (χ1v) is 5.91. The van der Waals surface area contributed by atoms with Gasteiger partial charge in [0.05, 0.1) is 12.3 Å². The number of benzene rings is 1. The highest BCUT2D eigenvalue weighted by Gasteiger charge is 2.30. The van der Waals surface area contributed by atoms with E-state index < -0.39 is 0 Å². The van der Waals surface area contributed by atoms with Crippen molar-refractivity contribution < 1.29 is 14.4 Å². The molecule has 0 aromatic heterocycles. The predicted molar refractivity (Wildman–Crippen MR) is 62.7 cm³/mol. The van der Waals surface area contributed by atoms with E-state index in [0.717, 1.165) is 24.3 Å². The number of hydroxylamine groups is 1. The van der Waals surface area contributed by atoms with Gasteiger partial charge < -0.3 is 4.74 Å². The maximum Gasteiger partial charge on any atom is 0.251 e. The van der Waals surface area contributed by atoms with Crippen molar-refractivity contribution >= 4 is 11.6 Å². The van der Waals surface area contributed by atoms with E-state index in [9.17, 15) is 4.79 Å². The number of ether oxygens (including phenoxy) is 1. The van der Waals surface area contributed by atoms with Crippen LogP contribution in [-0.2, 0) is 20.8 Å². The molecule has 17 heavy (non-hydrogen) atoms. The number of epoxide rings is 1. The van der Waals surface area contributed by atoms with E-state index >= 15 is 0 Å². The summed E-state index contributed by atoms with van der Waals surface area (Å²) in [4.78, 5) is 17.5. The van der Waals surface area contributed by atoms with Gasteiger partial charge in [-0.2, -0.15) is 5.06 Å². The third-order valence-corrected chi connectivity index (χ3v) is 3.15. The van der Waals surface area contributed by atoms with Gasteiger partial charge in [0.25, 0.3) is 5.91 Å². The lowest BCUT2D eigenvalue weighted by atomic mass is 9.99. The number of nitrogens with zero attached hydrogens (tertiary/aromatic N) is 1. The largest absolute Gasteiger partial charge is 0.371 e. The fourth-order valence-electron chi connectivity index (χ4n) is 2.14. The molecule has 2 aliphatic heterocycles. The van der Waals surface area contributed by atoms with Gasteiger partial charge >= 0.3 is 0 Å². The molecule has 1 fully saturated rings. The van der Waals surface area contributed by atoms with Crippen LogP contribution < -0.4 is 5.06 Å². The van der Waals surface area contributed by atoms with Crippen LogP contribution in [0.1, 0.15) is 17.5 Å². The molecule has 0 N–H and O–H groups in total. The molecule has 0 spiro atoms. The Morgan fingerprint density at radius 3 is 3.06 bits per heavy atom. The third-order valence-electron chi connectivity index (χ3n) is 3.15. The number of amides is 1. The van der Waals surface area contributed by atoms with Gasteiger partial charge in [-0.1, -0.05) is 18.2 Å². The van der Waals surface area contributed by atoms with E-state index in [1.807, 2.05) is 19.1 Å². The van der Waals surface area contributed by atoms with Crippen molar-refractivity contribution in [3.63, 3.8) is 0 Å². The molecule has 90 valence electrons. The van der Waals surface area contributed by atoms with E-state index in [1.54, 1.807) is 0 Å². The number of hydrogen-bond donors (Lipinski definition) is 0. The van der Waals surface area contributed by atoms with Crippen molar-refractivity contribution in [2.45, 2.75) is 25.9 Å². The highest BCUT2D eigenvalue weighted by atomic mass is 16.7. The van der Waals surface area contributed by atoms with Crippen molar-refractivity contribution in [1.82, 2.24) is 0 Å². The number of aryl methyl sites for hydroxylation is 2. The Labute approximate surface area is 100 Å². The molecule has 0 aliphatic carbocycles. The summed E-state index contributed by atoms with van der Waals surface area (Å²) < 4.78 is 5.09. The highest BCUT2D eigenvalue weighted by molar-refractivity contribution is 5.95. The molecule has 0 bridgehead atoms. The number of para-hydroxylation sites is 1. The lowest BCUT2D eigenvalue weighted by Crippen LogP contribution is -2.36. The molecule has 1 atom stereocenters. The summed E-state index contributed by atoms with van der Waals surface area (Å²) in [5, 5.41) is 1.45. The minimum atomic E-state index is 0.0347. The summed E-state index contributed by atoms with van der Waals surface area (Å²) in [5.74, 6) is 0.0347. The second-order valence-electron chi connectivity index (χ2n) is 4.52. The van der Waals surface area contributed by atoms with E-state index in [4.69, 9.17) is 9.57 Å². The zero-order chi connectivity index (χ0) is 11.8. The molecule has 1 amide bonds. The van der Waals surface area contributed by atoms with Crippen LogP contribution in [-0.4, -0.2) is 25.2 Å². The first-order valence-electron chi connectivity index (χ1n) is 5.91. The Morgan fingerprint density at radius 1 is 1.47 bits per heavy atom. The first-order chi connectivity index (χ1) is 8.25. The Balaban J connectivity index is 1.88. The summed E-state index contributed by atoms with van der Waals surface area (Å²) in [6.45, 7) is 3.20. The standard InChI is InChI=1S/C13H15NO3/c1-9-3-2-4-10-5-6-12(15)14(13(9)10)17-8-11-7-16-11/h2-4,11H,5-8H2,1H3/t11-/m0/s1. The van der Waals surface area contributed by atoms with Crippen molar-refractivity contribution in [3.05, 3.63) is 29.3 Å². The topological polar surface area (TPSA) is 42.1 Å². The van der Waals surface area contributed by atoms with Crippen LogP contribution in [0.4, 0.5) is 5.69 Å². The van der Waals surface area contributed by atoms with Gasteiger partial charge in [-0.15, -0.1) is 0 Å². The molecular weight excluding hydrogens is 218 g/mol. The summed E-state index contributed by atoms with van der Waals surface area (Å²) >= 11 is 0. The number of rotatable bonds is 3.